The van der Waals surface area contributed by atoms with Gasteiger partial charge in [-0.2, -0.15) is 0 Å². The van der Waals surface area contributed by atoms with Crippen molar-refractivity contribution >= 4 is 5.71 Å². The van der Waals surface area contributed by atoms with Gasteiger partial charge in [0, 0.05) is 25.3 Å². The summed E-state index contributed by atoms with van der Waals surface area (Å²) in [5.74, 6) is -0.220. The fraction of sp³-hybridized carbons (Fsp3) is 0.933. The molecule has 5 heteroatoms. The van der Waals surface area contributed by atoms with E-state index in [2.05, 4.69) is 53.7 Å². The molecule has 0 heterocycles. The zero-order chi connectivity index (χ0) is 15.4. The number of hydrogen-bond donors (Lipinski definition) is 3. The van der Waals surface area contributed by atoms with Crippen LogP contribution in [0.25, 0.3) is 0 Å². The van der Waals surface area contributed by atoms with E-state index >= 15 is 0 Å². The van der Waals surface area contributed by atoms with Gasteiger partial charge >= 0.3 is 0 Å². The highest BCUT2D eigenvalue weighted by Gasteiger charge is 2.20. The third-order valence-electron chi connectivity index (χ3n) is 3.26. The molecule has 0 aliphatic rings. The van der Waals surface area contributed by atoms with Crippen molar-refractivity contribution in [2.45, 2.75) is 46.8 Å². The zero-order valence-corrected chi connectivity index (χ0v) is 14.3. The molecule has 20 heavy (non-hydrogen) atoms. The molecule has 0 bridgehead atoms. The molecule has 5 nitrogen and oxygen atoms in total. The molecule has 0 fully saturated rings. The Labute approximate surface area is 125 Å². The highest BCUT2D eigenvalue weighted by Crippen LogP contribution is 1.94. The van der Waals surface area contributed by atoms with Gasteiger partial charge in [0.25, 0.3) is 0 Å². The Kier molecular flexibility index (Phi) is 10.9. The van der Waals surface area contributed by atoms with E-state index in [1.54, 1.807) is 0 Å². The molecule has 120 valence electrons. The standard InChI is InChI=1S/C15H35N5/c1-7-9-17-15(5,18-11-10-16-14(3)4)19-12-13-20(6)8-2/h17-19H,7-13H2,1-6H3/t15-/m1/s1. The third-order valence-corrected chi connectivity index (χ3v) is 3.26. The number of nitrogens with zero attached hydrogens (tertiary/aromatic N) is 2. The molecule has 0 spiro atoms. The van der Waals surface area contributed by atoms with Crippen LogP contribution in [0.2, 0.25) is 0 Å². The first-order chi connectivity index (χ1) is 9.43. The van der Waals surface area contributed by atoms with Crippen LogP contribution >= 0.6 is 0 Å². The Morgan fingerprint density at radius 1 is 1.05 bits per heavy atom. The van der Waals surface area contributed by atoms with Crippen molar-refractivity contribution in [1.29, 1.82) is 0 Å². The van der Waals surface area contributed by atoms with E-state index < -0.39 is 0 Å². The lowest BCUT2D eigenvalue weighted by atomic mass is 10.3. The quantitative estimate of drug-likeness (QED) is 0.287. The first-order valence-corrected chi connectivity index (χ1v) is 7.84. The third kappa shape index (κ3) is 10.3. The fourth-order valence-corrected chi connectivity index (χ4v) is 1.80. The summed E-state index contributed by atoms with van der Waals surface area (Å²) in [5, 5.41) is 10.6. The molecule has 0 radical (unpaired) electrons. The van der Waals surface area contributed by atoms with E-state index in [0.717, 1.165) is 51.4 Å². The Morgan fingerprint density at radius 2 is 1.65 bits per heavy atom. The second-order valence-corrected chi connectivity index (χ2v) is 5.63. The maximum Gasteiger partial charge on any atom is 0.120 e. The molecule has 0 rings (SSSR count). The van der Waals surface area contributed by atoms with Crippen LogP contribution in [0.4, 0.5) is 0 Å². The first kappa shape index (κ1) is 19.5. The van der Waals surface area contributed by atoms with Crippen LogP contribution < -0.4 is 16.0 Å². The van der Waals surface area contributed by atoms with Crippen molar-refractivity contribution in [2.24, 2.45) is 4.99 Å². The van der Waals surface area contributed by atoms with Gasteiger partial charge in [-0.25, -0.2) is 0 Å². The van der Waals surface area contributed by atoms with Crippen LogP contribution in [0.3, 0.4) is 0 Å². The molecule has 0 saturated carbocycles. The maximum absolute atomic E-state index is 4.42. The van der Waals surface area contributed by atoms with E-state index in [4.69, 9.17) is 0 Å². The summed E-state index contributed by atoms with van der Waals surface area (Å²) in [7, 11) is 2.14. The largest absolute Gasteiger partial charge is 0.305 e. The summed E-state index contributed by atoms with van der Waals surface area (Å²) in [5.41, 5.74) is 1.13. The molecule has 0 aromatic carbocycles. The van der Waals surface area contributed by atoms with Crippen molar-refractivity contribution in [3.8, 4) is 0 Å². The minimum Gasteiger partial charge on any atom is -0.305 e. The van der Waals surface area contributed by atoms with E-state index in [-0.39, 0.29) is 5.79 Å². The summed E-state index contributed by atoms with van der Waals surface area (Å²) < 4.78 is 0. The monoisotopic (exact) mass is 285 g/mol. The highest BCUT2D eigenvalue weighted by molar-refractivity contribution is 5.79. The average molecular weight is 285 g/mol. The second-order valence-electron chi connectivity index (χ2n) is 5.63. The Bertz CT molecular complexity index is 263. The smallest absolute Gasteiger partial charge is 0.120 e. The van der Waals surface area contributed by atoms with Crippen LogP contribution in [-0.4, -0.2) is 62.7 Å². The summed E-state index contributed by atoms with van der Waals surface area (Å²) >= 11 is 0. The van der Waals surface area contributed by atoms with E-state index in [0.29, 0.717) is 0 Å². The SMILES string of the molecule is CCCN[C@](C)(NCCN=C(C)C)NCCN(C)CC. The Balaban J connectivity index is 4.16. The first-order valence-electron chi connectivity index (χ1n) is 7.84. The fourth-order valence-electron chi connectivity index (χ4n) is 1.80. The lowest BCUT2D eigenvalue weighted by Gasteiger charge is -2.34. The normalized spacial score (nSPS) is 14.3. The Morgan fingerprint density at radius 3 is 2.20 bits per heavy atom. The van der Waals surface area contributed by atoms with Gasteiger partial charge in [0.1, 0.15) is 5.79 Å². The van der Waals surface area contributed by atoms with Crippen molar-refractivity contribution in [1.82, 2.24) is 20.9 Å². The van der Waals surface area contributed by atoms with Gasteiger partial charge in [-0.05, 0) is 47.3 Å². The lowest BCUT2D eigenvalue weighted by Crippen LogP contribution is -2.65. The van der Waals surface area contributed by atoms with Crippen LogP contribution in [0.15, 0.2) is 4.99 Å². The number of aliphatic imine (C=N–C) groups is 1. The molecule has 1 atom stereocenters. The predicted octanol–water partition coefficient (Wildman–Crippen LogP) is 1.27. The summed E-state index contributed by atoms with van der Waals surface area (Å²) in [4.78, 5) is 6.72. The lowest BCUT2D eigenvalue weighted by molar-refractivity contribution is 0.212. The van der Waals surface area contributed by atoms with Gasteiger partial charge in [0.05, 0.1) is 6.54 Å². The number of rotatable bonds is 12. The topological polar surface area (TPSA) is 51.7 Å². The van der Waals surface area contributed by atoms with Crippen LogP contribution in [0.5, 0.6) is 0 Å². The van der Waals surface area contributed by atoms with E-state index in [9.17, 15) is 0 Å². The molecule has 0 aliphatic heterocycles. The number of hydrogen-bond acceptors (Lipinski definition) is 5. The number of likely N-dealkylation sites (N-methyl/N-ethyl adjacent to an activating group) is 1. The van der Waals surface area contributed by atoms with Gasteiger partial charge in [-0.15, -0.1) is 0 Å². The molecule has 3 N–H and O–H groups in total. The Hall–Kier alpha value is -0.490. The molecule has 0 aromatic heterocycles. The second kappa shape index (κ2) is 11.2. The van der Waals surface area contributed by atoms with E-state index in [1.807, 2.05) is 13.8 Å². The molecule has 0 aromatic rings. The summed E-state index contributed by atoms with van der Waals surface area (Å²) in [6, 6.07) is 0. The van der Waals surface area contributed by atoms with Gasteiger partial charge < -0.3 is 4.90 Å². The highest BCUT2D eigenvalue weighted by atomic mass is 15.3. The molecule has 0 saturated heterocycles. The van der Waals surface area contributed by atoms with Gasteiger partial charge in [-0.1, -0.05) is 13.8 Å². The predicted molar refractivity (Wildman–Crippen MR) is 89.5 cm³/mol. The summed E-state index contributed by atoms with van der Waals surface area (Å²) in [6.45, 7) is 16.4. The van der Waals surface area contributed by atoms with Gasteiger partial charge in [0.15, 0.2) is 0 Å². The minimum atomic E-state index is -0.220. The zero-order valence-electron chi connectivity index (χ0n) is 14.3. The summed E-state index contributed by atoms with van der Waals surface area (Å²) in [6.07, 6.45) is 1.13. The van der Waals surface area contributed by atoms with Crippen molar-refractivity contribution in [3.63, 3.8) is 0 Å². The van der Waals surface area contributed by atoms with Crippen molar-refractivity contribution < 1.29 is 0 Å². The molecule has 0 unspecified atom stereocenters. The van der Waals surface area contributed by atoms with E-state index in [1.165, 1.54) is 0 Å². The molecule has 0 amide bonds. The minimum absolute atomic E-state index is 0.220. The number of nitrogens with one attached hydrogen (secondary N) is 3. The van der Waals surface area contributed by atoms with Crippen LogP contribution in [0, 0.1) is 0 Å². The molecular formula is C15H35N5. The molecular weight excluding hydrogens is 250 g/mol. The maximum atomic E-state index is 4.42. The van der Waals surface area contributed by atoms with Gasteiger partial charge in [-0.3, -0.25) is 20.9 Å². The molecule has 0 aliphatic carbocycles. The average Bonchev–Trinajstić information content (AvgIpc) is 2.41. The van der Waals surface area contributed by atoms with Crippen molar-refractivity contribution in [2.75, 3.05) is 46.3 Å². The van der Waals surface area contributed by atoms with Crippen LogP contribution in [0.1, 0.15) is 41.0 Å². The van der Waals surface area contributed by atoms with Crippen molar-refractivity contribution in [3.05, 3.63) is 0 Å². The van der Waals surface area contributed by atoms with Crippen LogP contribution in [-0.2, 0) is 0 Å². The van der Waals surface area contributed by atoms with Gasteiger partial charge in [0.2, 0.25) is 0 Å².